The number of halogens is 1. The number of benzene rings is 2. The quantitative estimate of drug-likeness (QED) is 0.646. The number of carboxylic acid groups (broad SMARTS) is 1. The largest absolute Gasteiger partial charge is 0.479 e. The average Bonchev–Trinajstić information content (AvgIpc) is 2.90. The van der Waals surface area contributed by atoms with Crippen molar-refractivity contribution in [1.82, 2.24) is 9.78 Å². The zero-order chi connectivity index (χ0) is 21.3. The fraction of sp³-hybridized carbons (Fsp3) is 0.273. The third-order valence-electron chi connectivity index (χ3n) is 4.75. The van der Waals surface area contributed by atoms with E-state index in [0.717, 1.165) is 16.8 Å². The Balaban J connectivity index is 2.09. The molecule has 0 unspecified atom stereocenters. The lowest BCUT2D eigenvalue weighted by Gasteiger charge is -2.18. The minimum absolute atomic E-state index is 0.337. The Morgan fingerprint density at radius 2 is 1.79 bits per heavy atom. The second-order valence-electron chi connectivity index (χ2n) is 6.96. The molecular weight excluding hydrogens is 375 g/mol. The van der Waals surface area contributed by atoms with Gasteiger partial charge in [-0.05, 0) is 57.0 Å². The van der Waals surface area contributed by atoms with Crippen LogP contribution < -0.4 is 9.47 Å². The van der Waals surface area contributed by atoms with E-state index in [1.54, 1.807) is 29.9 Å². The molecular formula is C22H23FN2O4. The standard InChI is InChI=1S/C22H23FN2O4/c1-12-10-18(16-6-8-17(23)9-7-16)20(28-15(4)22(26)27)11-19(12)29-21-13(2)14(3)24-25(21)5/h6-11,15H,1-5H3,(H,26,27)/t15-/m0/s1. The van der Waals surface area contributed by atoms with E-state index in [2.05, 4.69) is 5.10 Å². The Bertz CT molecular complexity index is 1060. The first-order chi connectivity index (χ1) is 13.7. The predicted octanol–water partition coefficient (Wildman–Crippen LogP) is 4.80. The molecule has 1 heterocycles. The molecule has 0 saturated carbocycles. The predicted molar refractivity (Wildman–Crippen MR) is 107 cm³/mol. The molecule has 2 aromatic carbocycles. The molecule has 0 spiro atoms. The van der Waals surface area contributed by atoms with Crippen molar-refractivity contribution < 1.29 is 23.8 Å². The number of ether oxygens (including phenoxy) is 2. The van der Waals surface area contributed by atoms with Gasteiger partial charge in [0.25, 0.3) is 0 Å². The van der Waals surface area contributed by atoms with Crippen molar-refractivity contribution in [2.75, 3.05) is 0 Å². The van der Waals surface area contributed by atoms with Gasteiger partial charge in [-0.15, -0.1) is 0 Å². The topological polar surface area (TPSA) is 73.6 Å². The van der Waals surface area contributed by atoms with Gasteiger partial charge in [0.15, 0.2) is 6.10 Å². The molecule has 0 saturated heterocycles. The van der Waals surface area contributed by atoms with Gasteiger partial charge in [0.05, 0.1) is 5.69 Å². The van der Waals surface area contributed by atoms with Gasteiger partial charge in [0.2, 0.25) is 5.88 Å². The number of nitrogens with zero attached hydrogens (tertiary/aromatic N) is 2. The lowest BCUT2D eigenvalue weighted by molar-refractivity contribution is -0.144. The van der Waals surface area contributed by atoms with Crippen molar-refractivity contribution in [3.05, 3.63) is 59.0 Å². The van der Waals surface area contributed by atoms with Crippen LogP contribution in [0.4, 0.5) is 4.39 Å². The highest BCUT2D eigenvalue weighted by atomic mass is 19.1. The number of carboxylic acids is 1. The fourth-order valence-corrected chi connectivity index (χ4v) is 2.96. The van der Waals surface area contributed by atoms with Gasteiger partial charge < -0.3 is 14.6 Å². The maximum Gasteiger partial charge on any atom is 0.344 e. The van der Waals surface area contributed by atoms with Crippen molar-refractivity contribution in [3.63, 3.8) is 0 Å². The molecule has 0 bridgehead atoms. The average molecular weight is 398 g/mol. The first kappa shape index (κ1) is 20.4. The Labute approximate surface area is 168 Å². The molecule has 1 atom stereocenters. The third kappa shape index (κ3) is 4.23. The molecule has 1 N–H and O–H groups in total. The van der Waals surface area contributed by atoms with Gasteiger partial charge in [-0.1, -0.05) is 12.1 Å². The van der Waals surface area contributed by atoms with E-state index >= 15 is 0 Å². The highest BCUT2D eigenvalue weighted by molar-refractivity contribution is 5.76. The molecule has 0 aliphatic heterocycles. The fourth-order valence-electron chi connectivity index (χ4n) is 2.96. The van der Waals surface area contributed by atoms with Crippen LogP contribution in [0.15, 0.2) is 36.4 Å². The lowest BCUT2D eigenvalue weighted by Crippen LogP contribution is -2.23. The SMILES string of the molecule is Cc1cc(-c2ccc(F)cc2)c(O[C@@H](C)C(=O)O)cc1Oc1c(C)c(C)nn1C. The summed E-state index contributed by atoms with van der Waals surface area (Å²) < 4.78 is 26.8. The Hall–Kier alpha value is -3.35. The van der Waals surface area contributed by atoms with E-state index in [9.17, 15) is 14.3 Å². The normalized spacial score (nSPS) is 11.9. The van der Waals surface area contributed by atoms with Crippen LogP contribution in [0.1, 0.15) is 23.7 Å². The maximum absolute atomic E-state index is 13.3. The number of rotatable bonds is 6. The minimum atomic E-state index is -1.09. The first-order valence-corrected chi connectivity index (χ1v) is 9.15. The number of hydrogen-bond acceptors (Lipinski definition) is 4. The summed E-state index contributed by atoms with van der Waals surface area (Å²) in [6.07, 6.45) is -1.06. The molecule has 0 aliphatic rings. The maximum atomic E-state index is 13.3. The molecule has 29 heavy (non-hydrogen) atoms. The Morgan fingerprint density at radius 3 is 2.34 bits per heavy atom. The van der Waals surface area contributed by atoms with Crippen LogP contribution in [0.5, 0.6) is 17.4 Å². The van der Waals surface area contributed by atoms with Crippen LogP contribution in [0.25, 0.3) is 11.1 Å². The molecule has 0 amide bonds. The summed E-state index contributed by atoms with van der Waals surface area (Å²) >= 11 is 0. The van der Waals surface area contributed by atoms with Crippen LogP contribution in [0.3, 0.4) is 0 Å². The van der Waals surface area contributed by atoms with E-state index in [1.165, 1.54) is 19.1 Å². The van der Waals surface area contributed by atoms with Crippen molar-refractivity contribution in [1.29, 1.82) is 0 Å². The van der Waals surface area contributed by atoms with Gasteiger partial charge in [-0.3, -0.25) is 0 Å². The number of carbonyl (C=O) groups is 1. The summed E-state index contributed by atoms with van der Waals surface area (Å²) in [5, 5.41) is 13.6. The molecule has 6 nitrogen and oxygen atoms in total. The van der Waals surface area contributed by atoms with Gasteiger partial charge in [-0.2, -0.15) is 5.10 Å². The number of hydrogen-bond donors (Lipinski definition) is 1. The monoisotopic (exact) mass is 398 g/mol. The van der Waals surface area contributed by atoms with Crippen molar-refractivity contribution >= 4 is 5.97 Å². The van der Waals surface area contributed by atoms with Gasteiger partial charge >= 0.3 is 5.97 Å². The van der Waals surface area contributed by atoms with E-state index in [-0.39, 0.29) is 5.82 Å². The Kier molecular flexibility index (Phi) is 5.59. The number of aliphatic carboxylic acids is 1. The first-order valence-electron chi connectivity index (χ1n) is 9.15. The molecule has 1 aromatic heterocycles. The molecule has 0 radical (unpaired) electrons. The molecule has 3 aromatic rings. The number of aromatic nitrogens is 2. The van der Waals surface area contributed by atoms with Crippen molar-refractivity contribution in [2.45, 2.75) is 33.8 Å². The zero-order valence-corrected chi connectivity index (χ0v) is 17.0. The summed E-state index contributed by atoms with van der Waals surface area (Å²) in [4.78, 5) is 11.3. The van der Waals surface area contributed by atoms with Gasteiger partial charge in [0.1, 0.15) is 17.3 Å². The third-order valence-corrected chi connectivity index (χ3v) is 4.75. The summed E-state index contributed by atoms with van der Waals surface area (Å²) in [6, 6.07) is 9.44. The highest BCUT2D eigenvalue weighted by Gasteiger charge is 2.20. The zero-order valence-electron chi connectivity index (χ0n) is 17.0. The highest BCUT2D eigenvalue weighted by Crippen LogP contribution is 2.39. The summed E-state index contributed by atoms with van der Waals surface area (Å²) in [6.45, 7) is 7.15. The van der Waals surface area contributed by atoms with Gasteiger partial charge in [0, 0.05) is 24.2 Å². The van der Waals surface area contributed by atoms with Gasteiger partial charge in [-0.25, -0.2) is 13.9 Å². The van der Waals surface area contributed by atoms with E-state index in [0.29, 0.717) is 28.5 Å². The van der Waals surface area contributed by atoms with Crippen molar-refractivity contribution in [3.8, 4) is 28.5 Å². The minimum Gasteiger partial charge on any atom is -0.479 e. The molecule has 0 fully saturated rings. The summed E-state index contributed by atoms with van der Waals surface area (Å²) in [5.41, 5.74) is 3.95. The summed E-state index contributed by atoms with van der Waals surface area (Å²) in [7, 11) is 1.79. The number of aryl methyl sites for hydroxylation is 3. The molecule has 0 aliphatic carbocycles. The van der Waals surface area contributed by atoms with E-state index < -0.39 is 12.1 Å². The van der Waals surface area contributed by atoms with Crippen LogP contribution in [-0.4, -0.2) is 27.0 Å². The Morgan fingerprint density at radius 1 is 1.14 bits per heavy atom. The van der Waals surface area contributed by atoms with E-state index in [1.807, 2.05) is 26.8 Å². The summed E-state index contributed by atoms with van der Waals surface area (Å²) in [5.74, 6) is 0.0145. The van der Waals surface area contributed by atoms with Crippen LogP contribution in [0.2, 0.25) is 0 Å². The molecule has 3 rings (SSSR count). The smallest absolute Gasteiger partial charge is 0.344 e. The molecule has 152 valence electrons. The second-order valence-corrected chi connectivity index (χ2v) is 6.96. The van der Waals surface area contributed by atoms with E-state index in [4.69, 9.17) is 9.47 Å². The van der Waals surface area contributed by atoms with Crippen molar-refractivity contribution in [2.24, 2.45) is 7.05 Å². The lowest BCUT2D eigenvalue weighted by atomic mass is 10.0. The van der Waals surface area contributed by atoms with Crippen LogP contribution in [0, 0.1) is 26.6 Å². The van der Waals surface area contributed by atoms with Crippen LogP contribution >= 0.6 is 0 Å². The molecule has 7 heteroatoms. The second kappa shape index (κ2) is 7.95. The van der Waals surface area contributed by atoms with Crippen LogP contribution in [-0.2, 0) is 11.8 Å².